The number of benzene rings is 3. The Morgan fingerprint density at radius 2 is 1.54 bits per heavy atom. The first-order valence-corrected chi connectivity index (χ1v) is 13.7. The number of fused-ring (bicyclic) bond motifs is 1. The summed E-state index contributed by atoms with van der Waals surface area (Å²) >= 11 is -4.06. The molecule has 2 aliphatic rings. The van der Waals surface area contributed by atoms with E-state index in [9.17, 15) is 13.7 Å². The van der Waals surface area contributed by atoms with Gasteiger partial charge >= 0.3 is 0 Å². The lowest BCUT2D eigenvalue weighted by atomic mass is 9.69. The molecule has 0 radical (unpaired) electrons. The molecule has 1 aliphatic carbocycles. The Morgan fingerprint density at radius 1 is 0.829 bits per heavy atom. The molecule has 35 heavy (non-hydrogen) atoms. The highest BCUT2D eigenvalue weighted by molar-refractivity contribution is 8.15. The zero-order valence-corrected chi connectivity index (χ0v) is 20.6. The van der Waals surface area contributed by atoms with Crippen LogP contribution in [0.5, 0.6) is 11.5 Å². The van der Waals surface area contributed by atoms with Crippen LogP contribution in [-0.4, -0.2) is 44.8 Å². The van der Waals surface area contributed by atoms with E-state index in [2.05, 4.69) is 53.4 Å². The fourth-order valence-electron chi connectivity index (χ4n) is 5.52. The van der Waals surface area contributed by atoms with Crippen LogP contribution in [0.2, 0.25) is 0 Å². The molecular weight excluding hydrogens is 462 g/mol. The second-order valence-electron chi connectivity index (χ2n) is 9.41. The quantitative estimate of drug-likeness (QED) is 0.329. The second-order valence-corrected chi connectivity index (χ2v) is 10.5. The van der Waals surface area contributed by atoms with Crippen LogP contribution in [0, 0.1) is 0 Å². The first-order valence-electron chi connectivity index (χ1n) is 12.3. The van der Waals surface area contributed by atoms with E-state index < -0.39 is 11.2 Å². The van der Waals surface area contributed by atoms with Crippen LogP contribution in [-0.2, 0) is 6.42 Å². The third kappa shape index (κ3) is 6.00. The van der Waals surface area contributed by atoms with Crippen molar-refractivity contribution in [1.29, 1.82) is 0 Å². The first-order chi connectivity index (χ1) is 17.0. The highest BCUT2D eigenvalue weighted by Gasteiger charge is 2.32. The summed E-state index contributed by atoms with van der Waals surface area (Å²) in [5, 5.41) is 0. The standard InChI is InChI=1S/C28H33NO5S/c30-35(31,32)34-25-13-15-27-23(20-25)10-14-26(21-6-2-1-3-7-21)28(27)22-8-11-24(12-9-22)33-19-18-29-16-4-5-17-29/h1-3,6-9,11-13,15,20,26,28,30-32H,4-5,10,14,16-19H2/t26-,28+/m1/s1. The minimum Gasteiger partial charge on any atom is -0.492 e. The molecule has 1 heterocycles. The Balaban J connectivity index is 1.39. The monoisotopic (exact) mass is 495 g/mol. The van der Waals surface area contributed by atoms with E-state index in [1.807, 2.05) is 18.2 Å². The number of likely N-dealkylation sites (tertiary alicyclic amines) is 1. The lowest BCUT2D eigenvalue weighted by molar-refractivity contribution is 0.237. The normalized spacial score (nSPS) is 20.9. The average molecular weight is 496 g/mol. The van der Waals surface area contributed by atoms with Crippen LogP contribution in [0.25, 0.3) is 0 Å². The summed E-state index contributed by atoms with van der Waals surface area (Å²) in [6.45, 7) is 4.02. The predicted octanol–water partition coefficient (Wildman–Crippen LogP) is 6.54. The van der Waals surface area contributed by atoms with Gasteiger partial charge in [0.15, 0.2) is 0 Å². The van der Waals surface area contributed by atoms with Gasteiger partial charge in [0.25, 0.3) is 11.2 Å². The number of hydrogen-bond donors (Lipinski definition) is 3. The molecule has 1 saturated heterocycles. The Hall–Kier alpha value is -2.55. The number of aryl methyl sites for hydroxylation is 1. The number of nitrogens with zero attached hydrogens (tertiary/aromatic N) is 1. The van der Waals surface area contributed by atoms with E-state index in [0.29, 0.717) is 12.5 Å². The maximum absolute atomic E-state index is 9.30. The molecule has 6 nitrogen and oxygen atoms in total. The number of hydrogen-bond acceptors (Lipinski definition) is 6. The van der Waals surface area contributed by atoms with Crippen molar-refractivity contribution in [2.45, 2.75) is 37.5 Å². The molecule has 0 amide bonds. The van der Waals surface area contributed by atoms with E-state index >= 15 is 0 Å². The molecule has 3 aromatic carbocycles. The summed E-state index contributed by atoms with van der Waals surface area (Å²) in [6, 6.07) is 24.5. The molecule has 0 unspecified atom stereocenters. The van der Waals surface area contributed by atoms with E-state index in [1.54, 1.807) is 6.07 Å². The predicted molar refractivity (Wildman–Crippen MR) is 140 cm³/mol. The van der Waals surface area contributed by atoms with Gasteiger partial charge in [-0.05, 0) is 91.2 Å². The van der Waals surface area contributed by atoms with Crippen molar-refractivity contribution in [2.75, 3.05) is 26.2 Å². The number of rotatable bonds is 8. The van der Waals surface area contributed by atoms with Gasteiger partial charge in [0.2, 0.25) is 0 Å². The summed E-state index contributed by atoms with van der Waals surface area (Å²) < 4.78 is 38.9. The molecule has 5 rings (SSSR count). The van der Waals surface area contributed by atoms with Crippen LogP contribution >= 0.6 is 11.2 Å². The van der Waals surface area contributed by atoms with Crippen molar-refractivity contribution in [3.8, 4) is 11.5 Å². The summed E-state index contributed by atoms with van der Waals surface area (Å²) in [6.07, 6.45) is 4.37. The summed E-state index contributed by atoms with van der Waals surface area (Å²) in [5.74, 6) is 1.60. The summed E-state index contributed by atoms with van der Waals surface area (Å²) in [4.78, 5) is 2.45. The lowest BCUT2D eigenvalue weighted by Gasteiger charge is -2.35. The van der Waals surface area contributed by atoms with Crippen LogP contribution in [0.4, 0.5) is 0 Å². The van der Waals surface area contributed by atoms with Crippen LogP contribution in [0.15, 0.2) is 72.8 Å². The van der Waals surface area contributed by atoms with E-state index in [4.69, 9.17) is 8.92 Å². The fraction of sp³-hybridized carbons (Fsp3) is 0.357. The van der Waals surface area contributed by atoms with Crippen molar-refractivity contribution in [3.05, 3.63) is 95.1 Å². The maximum Gasteiger partial charge on any atom is 0.266 e. The molecule has 0 spiro atoms. The molecule has 2 atom stereocenters. The van der Waals surface area contributed by atoms with Crippen LogP contribution < -0.4 is 8.92 Å². The third-order valence-corrected chi connectivity index (χ3v) is 7.54. The van der Waals surface area contributed by atoms with Crippen molar-refractivity contribution in [3.63, 3.8) is 0 Å². The third-order valence-electron chi connectivity index (χ3n) is 7.13. The van der Waals surface area contributed by atoms with Gasteiger partial charge in [-0.2, -0.15) is 0 Å². The Morgan fingerprint density at radius 3 is 2.26 bits per heavy atom. The van der Waals surface area contributed by atoms with Crippen molar-refractivity contribution in [2.24, 2.45) is 0 Å². The zero-order valence-electron chi connectivity index (χ0n) is 19.8. The molecule has 186 valence electrons. The van der Waals surface area contributed by atoms with Gasteiger partial charge in [0.1, 0.15) is 18.1 Å². The second kappa shape index (κ2) is 10.6. The van der Waals surface area contributed by atoms with Gasteiger partial charge in [-0.1, -0.05) is 48.5 Å². The number of ether oxygens (including phenoxy) is 1. The van der Waals surface area contributed by atoms with E-state index in [0.717, 1.165) is 30.7 Å². The molecule has 1 fully saturated rings. The van der Waals surface area contributed by atoms with Crippen molar-refractivity contribution in [1.82, 2.24) is 4.90 Å². The van der Waals surface area contributed by atoms with Gasteiger partial charge in [0, 0.05) is 12.5 Å². The Bertz CT molecular complexity index is 1110. The fourth-order valence-corrected chi connectivity index (χ4v) is 5.88. The molecule has 0 bridgehead atoms. The molecule has 3 aromatic rings. The topological polar surface area (TPSA) is 82.4 Å². The van der Waals surface area contributed by atoms with Gasteiger partial charge in [-0.25, -0.2) is 0 Å². The first kappa shape index (κ1) is 24.2. The van der Waals surface area contributed by atoms with Gasteiger partial charge in [-0.3, -0.25) is 18.6 Å². The molecule has 1 aliphatic heterocycles. The van der Waals surface area contributed by atoms with Gasteiger partial charge in [0.05, 0.1) is 0 Å². The molecule has 0 saturated carbocycles. The Labute approximate surface area is 208 Å². The molecular formula is C28H33NO5S. The smallest absolute Gasteiger partial charge is 0.266 e. The SMILES string of the molecule is OS(O)(O)Oc1ccc2c(c1)CC[C@H](c1ccccc1)[C@@H]2c1ccc(OCCN2CCCC2)cc1. The minimum atomic E-state index is -4.06. The van der Waals surface area contributed by atoms with Crippen molar-refractivity contribution >= 4 is 11.2 Å². The average Bonchev–Trinajstić information content (AvgIpc) is 3.37. The van der Waals surface area contributed by atoms with Crippen LogP contribution in [0.3, 0.4) is 0 Å². The van der Waals surface area contributed by atoms with Gasteiger partial charge in [-0.15, -0.1) is 0 Å². The Kier molecular flexibility index (Phi) is 7.32. The highest BCUT2D eigenvalue weighted by atomic mass is 32.3. The van der Waals surface area contributed by atoms with Crippen LogP contribution in [0.1, 0.15) is 53.4 Å². The molecule has 0 aromatic heterocycles. The van der Waals surface area contributed by atoms with E-state index in [-0.39, 0.29) is 11.7 Å². The summed E-state index contributed by atoms with van der Waals surface area (Å²) in [7, 11) is 0. The highest BCUT2D eigenvalue weighted by Crippen LogP contribution is 2.48. The summed E-state index contributed by atoms with van der Waals surface area (Å²) in [5.41, 5.74) is 4.80. The zero-order chi connectivity index (χ0) is 24.3. The maximum atomic E-state index is 9.30. The largest absolute Gasteiger partial charge is 0.492 e. The molecule has 7 heteroatoms. The molecule has 3 N–H and O–H groups in total. The minimum absolute atomic E-state index is 0.142. The van der Waals surface area contributed by atoms with Crippen molar-refractivity contribution < 1.29 is 22.6 Å². The van der Waals surface area contributed by atoms with E-state index in [1.165, 1.54) is 42.6 Å². The lowest BCUT2D eigenvalue weighted by Crippen LogP contribution is -2.25. The van der Waals surface area contributed by atoms with Gasteiger partial charge < -0.3 is 8.92 Å².